The van der Waals surface area contributed by atoms with Crippen LogP contribution in [-0.2, 0) is 0 Å². The molecular weight excluding hydrogens is 100 g/mol. The fourth-order valence-electron chi connectivity index (χ4n) is 0.811. The predicted molar refractivity (Wildman–Crippen MR) is 34.1 cm³/mol. The van der Waals surface area contributed by atoms with Gasteiger partial charge < -0.3 is 0 Å². The zero-order valence-corrected chi connectivity index (χ0v) is 5.81. The smallest absolute Gasteiger partial charge is 0.0835 e. The van der Waals surface area contributed by atoms with Gasteiger partial charge in [-0.2, -0.15) is 0 Å². The highest BCUT2D eigenvalue weighted by molar-refractivity contribution is 4.73. The topological polar surface area (TPSA) is 25.0 Å². The minimum atomic E-state index is 0.636. The standard InChI is InChI=1S/C6H14N2/c1-5(2)4-8-6(3)7-8/h5-7H,4H2,1-3H3. The van der Waals surface area contributed by atoms with Gasteiger partial charge in [-0.25, -0.2) is 10.4 Å². The average molecular weight is 114 g/mol. The second-order valence-corrected chi connectivity index (χ2v) is 2.85. The van der Waals surface area contributed by atoms with Crippen molar-refractivity contribution in [2.24, 2.45) is 5.92 Å². The minimum Gasteiger partial charge on any atom is -0.235 e. The molecule has 1 rings (SSSR count). The number of hydrogen-bond donors (Lipinski definition) is 1. The Morgan fingerprint density at radius 1 is 1.62 bits per heavy atom. The lowest BCUT2D eigenvalue weighted by atomic mass is 10.2. The van der Waals surface area contributed by atoms with Crippen molar-refractivity contribution in [2.75, 3.05) is 6.54 Å². The van der Waals surface area contributed by atoms with Crippen molar-refractivity contribution in [3.8, 4) is 0 Å². The zero-order chi connectivity index (χ0) is 6.15. The lowest BCUT2D eigenvalue weighted by Gasteiger charge is -2.01. The van der Waals surface area contributed by atoms with Gasteiger partial charge >= 0.3 is 0 Å². The first-order valence-corrected chi connectivity index (χ1v) is 3.23. The van der Waals surface area contributed by atoms with Crippen molar-refractivity contribution in [3.05, 3.63) is 0 Å². The van der Waals surface area contributed by atoms with Gasteiger partial charge in [0.1, 0.15) is 0 Å². The first-order valence-electron chi connectivity index (χ1n) is 3.23. The monoisotopic (exact) mass is 114 g/mol. The van der Waals surface area contributed by atoms with Crippen molar-refractivity contribution in [1.29, 1.82) is 0 Å². The van der Waals surface area contributed by atoms with Crippen molar-refractivity contribution < 1.29 is 0 Å². The molecule has 2 unspecified atom stereocenters. The summed E-state index contributed by atoms with van der Waals surface area (Å²) in [6.45, 7) is 7.81. The maximum atomic E-state index is 3.20. The Labute approximate surface area is 50.8 Å². The molecule has 0 radical (unpaired) electrons. The molecule has 2 heteroatoms. The van der Waals surface area contributed by atoms with E-state index in [1.807, 2.05) is 0 Å². The summed E-state index contributed by atoms with van der Waals surface area (Å²) < 4.78 is 0. The molecule has 1 aliphatic rings. The first-order chi connectivity index (χ1) is 3.70. The summed E-state index contributed by atoms with van der Waals surface area (Å²) in [6, 6.07) is 0. The van der Waals surface area contributed by atoms with E-state index < -0.39 is 0 Å². The molecule has 0 spiro atoms. The van der Waals surface area contributed by atoms with Gasteiger partial charge in [0.2, 0.25) is 0 Å². The third kappa shape index (κ3) is 1.46. The maximum absolute atomic E-state index is 3.20. The molecule has 0 saturated carbocycles. The molecule has 0 aromatic heterocycles. The van der Waals surface area contributed by atoms with Crippen molar-refractivity contribution in [1.82, 2.24) is 10.4 Å². The Hall–Kier alpha value is -0.0800. The number of rotatable bonds is 2. The number of nitrogens with zero attached hydrogens (tertiary/aromatic N) is 1. The van der Waals surface area contributed by atoms with Crippen LogP contribution in [0.4, 0.5) is 0 Å². The number of hydrazine groups is 1. The molecule has 0 amide bonds. The third-order valence-electron chi connectivity index (χ3n) is 1.31. The second kappa shape index (κ2) is 2.03. The van der Waals surface area contributed by atoms with Crippen LogP contribution in [-0.4, -0.2) is 17.7 Å². The number of nitrogens with one attached hydrogen (secondary N) is 1. The van der Waals surface area contributed by atoms with Crippen LogP contribution < -0.4 is 5.43 Å². The van der Waals surface area contributed by atoms with Gasteiger partial charge in [-0.3, -0.25) is 0 Å². The molecule has 0 bridgehead atoms. The largest absolute Gasteiger partial charge is 0.235 e. The van der Waals surface area contributed by atoms with Gasteiger partial charge in [-0.1, -0.05) is 13.8 Å². The molecule has 1 N–H and O–H groups in total. The summed E-state index contributed by atoms with van der Waals surface area (Å²) in [5.74, 6) is 0.785. The van der Waals surface area contributed by atoms with E-state index in [9.17, 15) is 0 Å². The molecule has 0 aromatic rings. The van der Waals surface area contributed by atoms with Gasteiger partial charge in [0.05, 0.1) is 6.17 Å². The van der Waals surface area contributed by atoms with Gasteiger partial charge in [-0.05, 0) is 12.8 Å². The van der Waals surface area contributed by atoms with Crippen LogP contribution in [0.1, 0.15) is 20.8 Å². The summed E-state index contributed by atoms with van der Waals surface area (Å²) in [4.78, 5) is 0. The molecule has 0 aromatic carbocycles. The highest BCUT2D eigenvalue weighted by Gasteiger charge is 2.27. The Balaban J connectivity index is 2.05. The molecule has 1 fully saturated rings. The Morgan fingerprint density at radius 2 is 2.12 bits per heavy atom. The Morgan fingerprint density at radius 3 is 2.25 bits per heavy atom. The summed E-state index contributed by atoms with van der Waals surface area (Å²) >= 11 is 0. The van der Waals surface area contributed by atoms with E-state index in [1.165, 1.54) is 6.54 Å². The van der Waals surface area contributed by atoms with Gasteiger partial charge in [0.15, 0.2) is 0 Å². The summed E-state index contributed by atoms with van der Waals surface area (Å²) in [5, 5.41) is 2.24. The summed E-state index contributed by atoms with van der Waals surface area (Å²) in [5.41, 5.74) is 3.20. The van der Waals surface area contributed by atoms with E-state index in [0.717, 1.165) is 5.92 Å². The van der Waals surface area contributed by atoms with E-state index in [0.29, 0.717) is 6.17 Å². The van der Waals surface area contributed by atoms with Crippen LogP contribution in [0.25, 0.3) is 0 Å². The third-order valence-corrected chi connectivity index (χ3v) is 1.31. The van der Waals surface area contributed by atoms with Crippen LogP contribution in [0.15, 0.2) is 0 Å². The van der Waals surface area contributed by atoms with E-state index >= 15 is 0 Å². The van der Waals surface area contributed by atoms with Crippen molar-refractivity contribution in [2.45, 2.75) is 26.9 Å². The fraction of sp³-hybridized carbons (Fsp3) is 1.00. The molecule has 2 atom stereocenters. The quantitative estimate of drug-likeness (QED) is 0.537. The highest BCUT2D eigenvalue weighted by Crippen LogP contribution is 2.09. The van der Waals surface area contributed by atoms with Gasteiger partial charge in [-0.15, -0.1) is 0 Å². The molecule has 0 aliphatic carbocycles. The van der Waals surface area contributed by atoms with Gasteiger partial charge in [0.25, 0.3) is 0 Å². The predicted octanol–water partition coefficient (Wildman–Crippen LogP) is 0.809. The summed E-state index contributed by atoms with van der Waals surface area (Å²) in [6.07, 6.45) is 0.636. The number of hydrogen-bond acceptors (Lipinski definition) is 2. The van der Waals surface area contributed by atoms with Gasteiger partial charge in [0, 0.05) is 6.54 Å². The SMILES string of the molecule is CC(C)CN1NC1C. The highest BCUT2D eigenvalue weighted by atomic mass is 15.7. The van der Waals surface area contributed by atoms with Crippen LogP contribution in [0.5, 0.6) is 0 Å². The lowest BCUT2D eigenvalue weighted by Crippen LogP contribution is -2.09. The van der Waals surface area contributed by atoms with Crippen LogP contribution >= 0.6 is 0 Å². The van der Waals surface area contributed by atoms with Crippen LogP contribution in [0, 0.1) is 5.92 Å². The van der Waals surface area contributed by atoms with E-state index in [2.05, 4.69) is 31.2 Å². The first kappa shape index (κ1) is 6.05. The fourth-order valence-corrected chi connectivity index (χ4v) is 0.811. The zero-order valence-electron chi connectivity index (χ0n) is 5.81. The summed E-state index contributed by atoms with van der Waals surface area (Å²) in [7, 11) is 0. The second-order valence-electron chi connectivity index (χ2n) is 2.85. The molecule has 8 heavy (non-hydrogen) atoms. The molecule has 1 heterocycles. The van der Waals surface area contributed by atoms with Crippen LogP contribution in [0.3, 0.4) is 0 Å². The Kier molecular flexibility index (Phi) is 1.54. The normalized spacial score (nSPS) is 36.0. The maximum Gasteiger partial charge on any atom is 0.0835 e. The van der Waals surface area contributed by atoms with Crippen molar-refractivity contribution >= 4 is 0 Å². The molecular formula is C6H14N2. The molecule has 2 nitrogen and oxygen atoms in total. The molecule has 48 valence electrons. The lowest BCUT2D eigenvalue weighted by molar-refractivity contribution is 0.412. The van der Waals surface area contributed by atoms with E-state index in [1.54, 1.807) is 0 Å². The van der Waals surface area contributed by atoms with Crippen LogP contribution in [0.2, 0.25) is 0 Å². The van der Waals surface area contributed by atoms with E-state index in [4.69, 9.17) is 0 Å². The minimum absolute atomic E-state index is 0.636. The molecule has 1 saturated heterocycles. The van der Waals surface area contributed by atoms with Crippen molar-refractivity contribution in [3.63, 3.8) is 0 Å². The average Bonchev–Trinajstić information content (AvgIpc) is 2.17. The Bertz CT molecular complexity index is 80.6. The van der Waals surface area contributed by atoms with E-state index in [-0.39, 0.29) is 0 Å². The molecule has 1 aliphatic heterocycles.